The van der Waals surface area contributed by atoms with Gasteiger partial charge >= 0.3 is 0 Å². The standard InChI is InChI=1S/C21H24N4O3/c1-12(2)20(27)25-16-7-5-15(6-8-16)24-19(26)10-9-17-13(3)18(11-22)21(28)23-14(17)4/h5-8,12H,9-10H2,1-4H3,(H,23,28)(H,24,26)(H,25,27). The third kappa shape index (κ3) is 5.07. The molecule has 0 aliphatic carbocycles. The Morgan fingerprint density at radius 3 is 2.21 bits per heavy atom. The molecule has 0 atom stereocenters. The van der Waals surface area contributed by atoms with Crippen LogP contribution in [0.4, 0.5) is 11.4 Å². The number of aromatic amines is 1. The molecule has 3 N–H and O–H groups in total. The van der Waals surface area contributed by atoms with E-state index in [2.05, 4.69) is 15.6 Å². The minimum absolute atomic E-state index is 0.0693. The van der Waals surface area contributed by atoms with E-state index in [1.165, 1.54) is 0 Å². The summed E-state index contributed by atoms with van der Waals surface area (Å²) < 4.78 is 0. The van der Waals surface area contributed by atoms with Gasteiger partial charge in [0, 0.05) is 29.4 Å². The summed E-state index contributed by atoms with van der Waals surface area (Å²) in [5.74, 6) is -0.358. The smallest absolute Gasteiger partial charge is 0.266 e. The highest BCUT2D eigenvalue weighted by atomic mass is 16.2. The number of aryl methyl sites for hydroxylation is 1. The number of carbonyl (C=O) groups is 2. The Morgan fingerprint density at radius 2 is 1.68 bits per heavy atom. The van der Waals surface area contributed by atoms with Gasteiger partial charge in [-0.15, -0.1) is 0 Å². The van der Waals surface area contributed by atoms with Gasteiger partial charge in [0.05, 0.1) is 0 Å². The topological polar surface area (TPSA) is 115 Å². The summed E-state index contributed by atoms with van der Waals surface area (Å²) in [6, 6.07) is 8.81. The molecular weight excluding hydrogens is 356 g/mol. The summed E-state index contributed by atoms with van der Waals surface area (Å²) in [6.45, 7) is 7.11. The molecule has 0 aliphatic heterocycles. The fourth-order valence-corrected chi connectivity index (χ4v) is 2.81. The summed E-state index contributed by atoms with van der Waals surface area (Å²) in [5.41, 5.74) is 3.05. The fourth-order valence-electron chi connectivity index (χ4n) is 2.81. The van der Waals surface area contributed by atoms with Crippen LogP contribution in [0.5, 0.6) is 0 Å². The Labute approximate surface area is 163 Å². The van der Waals surface area contributed by atoms with Crippen LogP contribution in [0.15, 0.2) is 29.1 Å². The van der Waals surface area contributed by atoms with Crippen LogP contribution in [-0.2, 0) is 16.0 Å². The van der Waals surface area contributed by atoms with Crippen LogP contribution in [0.25, 0.3) is 0 Å². The van der Waals surface area contributed by atoms with Crippen LogP contribution in [-0.4, -0.2) is 16.8 Å². The molecule has 0 unspecified atom stereocenters. The number of H-pyrrole nitrogens is 1. The number of amides is 2. The summed E-state index contributed by atoms with van der Waals surface area (Å²) in [6.07, 6.45) is 0.627. The molecule has 28 heavy (non-hydrogen) atoms. The van der Waals surface area contributed by atoms with E-state index in [9.17, 15) is 14.4 Å². The molecule has 0 aliphatic rings. The number of rotatable bonds is 6. The van der Waals surface area contributed by atoms with Gasteiger partial charge in [-0.25, -0.2) is 0 Å². The van der Waals surface area contributed by atoms with Gasteiger partial charge in [-0.05, 0) is 55.7 Å². The number of anilines is 2. The van der Waals surface area contributed by atoms with Crippen molar-refractivity contribution in [1.29, 1.82) is 5.26 Å². The molecule has 1 aromatic heterocycles. The average molecular weight is 380 g/mol. The maximum Gasteiger partial charge on any atom is 0.266 e. The van der Waals surface area contributed by atoms with Crippen molar-refractivity contribution in [2.45, 2.75) is 40.5 Å². The fraction of sp³-hybridized carbons (Fsp3) is 0.333. The Hall–Kier alpha value is -3.40. The van der Waals surface area contributed by atoms with Gasteiger partial charge in [0.2, 0.25) is 11.8 Å². The van der Waals surface area contributed by atoms with Crippen LogP contribution in [0, 0.1) is 31.1 Å². The highest BCUT2D eigenvalue weighted by molar-refractivity contribution is 5.93. The Kier molecular flexibility index (Phi) is 6.72. The number of nitrogens with one attached hydrogen (secondary N) is 3. The summed E-state index contributed by atoms with van der Waals surface area (Å²) in [5, 5.41) is 14.7. The summed E-state index contributed by atoms with van der Waals surface area (Å²) in [7, 11) is 0. The molecule has 0 bridgehead atoms. The first-order valence-electron chi connectivity index (χ1n) is 9.06. The molecule has 146 valence electrons. The summed E-state index contributed by atoms with van der Waals surface area (Å²) in [4.78, 5) is 38.4. The molecule has 2 amide bonds. The van der Waals surface area contributed by atoms with Crippen molar-refractivity contribution in [2.75, 3.05) is 10.6 Å². The van der Waals surface area contributed by atoms with Gasteiger partial charge in [-0.3, -0.25) is 14.4 Å². The molecule has 0 radical (unpaired) electrons. The van der Waals surface area contributed by atoms with E-state index in [1.807, 2.05) is 19.9 Å². The van der Waals surface area contributed by atoms with Gasteiger partial charge in [0.25, 0.3) is 5.56 Å². The molecule has 1 heterocycles. The number of carbonyl (C=O) groups excluding carboxylic acids is 2. The molecule has 7 heteroatoms. The van der Waals surface area contributed by atoms with Crippen LogP contribution in [0.2, 0.25) is 0 Å². The molecule has 2 rings (SSSR count). The Balaban J connectivity index is 1.99. The van der Waals surface area contributed by atoms with E-state index in [0.717, 1.165) is 5.56 Å². The van der Waals surface area contributed by atoms with Crippen molar-refractivity contribution in [2.24, 2.45) is 5.92 Å². The maximum absolute atomic E-state index is 12.3. The van der Waals surface area contributed by atoms with E-state index < -0.39 is 5.56 Å². The highest BCUT2D eigenvalue weighted by Crippen LogP contribution is 2.17. The van der Waals surface area contributed by atoms with Crippen molar-refractivity contribution in [3.63, 3.8) is 0 Å². The Morgan fingerprint density at radius 1 is 1.11 bits per heavy atom. The van der Waals surface area contributed by atoms with Crippen molar-refractivity contribution >= 4 is 23.2 Å². The molecule has 0 saturated heterocycles. The van der Waals surface area contributed by atoms with Crippen LogP contribution in [0.1, 0.15) is 42.7 Å². The van der Waals surface area contributed by atoms with Crippen LogP contribution < -0.4 is 16.2 Å². The first kappa shape index (κ1) is 20.9. The van der Waals surface area contributed by atoms with Crippen molar-refractivity contribution in [3.05, 3.63) is 57.0 Å². The number of hydrogen-bond donors (Lipinski definition) is 3. The minimum Gasteiger partial charge on any atom is -0.326 e. The van der Waals surface area contributed by atoms with E-state index in [4.69, 9.17) is 5.26 Å². The minimum atomic E-state index is -0.407. The average Bonchev–Trinajstić information content (AvgIpc) is 2.63. The molecular formula is C21H24N4O3. The van der Waals surface area contributed by atoms with Gasteiger partial charge in [0.1, 0.15) is 11.6 Å². The second-order valence-corrected chi connectivity index (χ2v) is 6.94. The third-order valence-corrected chi connectivity index (χ3v) is 4.48. The zero-order valence-corrected chi connectivity index (χ0v) is 16.5. The number of nitrogens with zero attached hydrogens (tertiary/aromatic N) is 1. The largest absolute Gasteiger partial charge is 0.326 e. The van der Waals surface area contributed by atoms with Gasteiger partial charge < -0.3 is 15.6 Å². The van der Waals surface area contributed by atoms with Gasteiger partial charge in [0.15, 0.2) is 0 Å². The number of benzene rings is 1. The quantitative estimate of drug-likeness (QED) is 0.714. The number of aromatic nitrogens is 1. The SMILES string of the molecule is Cc1[nH]c(=O)c(C#N)c(C)c1CCC(=O)Nc1ccc(NC(=O)C(C)C)cc1. The third-order valence-electron chi connectivity index (χ3n) is 4.48. The predicted molar refractivity (Wildman–Crippen MR) is 108 cm³/mol. The lowest BCUT2D eigenvalue weighted by molar-refractivity contribution is -0.119. The Bertz CT molecular complexity index is 982. The monoisotopic (exact) mass is 380 g/mol. The molecule has 1 aromatic carbocycles. The highest BCUT2D eigenvalue weighted by Gasteiger charge is 2.13. The normalized spacial score (nSPS) is 10.4. The van der Waals surface area contributed by atoms with E-state index >= 15 is 0 Å². The molecule has 2 aromatic rings. The second-order valence-electron chi connectivity index (χ2n) is 6.94. The van der Waals surface area contributed by atoms with Crippen molar-refractivity contribution in [3.8, 4) is 6.07 Å². The summed E-state index contributed by atoms with van der Waals surface area (Å²) >= 11 is 0. The van der Waals surface area contributed by atoms with Crippen molar-refractivity contribution in [1.82, 2.24) is 4.98 Å². The number of hydrogen-bond acceptors (Lipinski definition) is 4. The molecule has 0 fully saturated rings. The van der Waals surface area contributed by atoms with Crippen molar-refractivity contribution < 1.29 is 9.59 Å². The van der Waals surface area contributed by atoms with Crippen LogP contribution in [0.3, 0.4) is 0 Å². The second kappa shape index (κ2) is 9.00. The van der Waals surface area contributed by atoms with Gasteiger partial charge in [-0.1, -0.05) is 13.8 Å². The van der Waals surface area contributed by atoms with E-state index in [0.29, 0.717) is 29.1 Å². The zero-order chi connectivity index (χ0) is 20.8. The van der Waals surface area contributed by atoms with E-state index in [-0.39, 0.29) is 29.7 Å². The van der Waals surface area contributed by atoms with Gasteiger partial charge in [-0.2, -0.15) is 5.26 Å². The molecule has 0 spiro atoms. The maximum atomic E-state index is 12.3. The van der Waals surface area contributed by atoms with Crippen LogP contribution >= 0.6 is 0 Å². The number of nitriles is 1. The van der Waals surface area contributed by atoms with E-state index in [1.54, 1.807) is 38.1 Å². The first-order chi connectivity index (χ1) is 13.2. The lowest BCUT2D eigenvalue weighted by atomic mass is 9.99. The lowest BCUT2D eigenvalue weighted by Gasteiger charge is -2.11. The molecule has 0 saturated carbocycles. The zero-order valence-electron chi connectivity index (χ0n) is 16.5. The predicted octanol–water partition coefficient (Wildman–Crippen LogP) is 3.03. The lowest BCUT2D eigenvalue weighted by Crippen LogP contribution is -2.18. The number of pyridine rings is 1. The first-order valence-corrected chi connectivity index (χ1v) is 9.06. The molecule has 7 nitrogen and oxygen atoms in total.